The summed E-state index contributed by atoms with van der Waals surface area (Å²) in [6.45, 7) is 1.22. The molecule has 34 heavy (non-hydrogen) atoms. The van der Waals surface area contributed by atoms with Crippen LogP contribution in [0, 0.1) is 23.6 Å². The molecule has 2 heterocycles. The molecule has 1 amide bonds. The van der Waals surface area contributed by atoms with E-state index in [1.54, 1.807) is 19.4 Å². The van der Waals surface area contributed by atoms with Crippen molar-refractivity contribution in [1.29, 1.82) is 0 Å². The van der Waals surface area contributed by atoms with Gasteiger partial charge in [-0.15, -0.1) is 0 Å². The van der Waals surface area contributed by atoms with E-state index in [2.05, 4.69) is 22.0 Å². The van der Waals surface area contributed by atoms with Gasteiger partial charge in [-0.2, -0.15) is 0 Å². The molecule has 6 heteroatoms. The number of halogens is 1. The van der Waals surface area contributed by atoms with Crippen LogP contribution in [-0.4, -0.2) is 48.4 Å². The maximum Gasteiger partial charge on any atom is 0.222 e. The van der Waals surface area contributed by atoms with Gasteiger partial charge in [-0.3, -0.25) is 9.78 Å². The Labute approximate surface area is 201 Å². The zero-order valence-corrected chi connectivity index (χ0v) is 19.7. The average molecular weight is 465 g/mol. The molecule has 1 aromatic carbocycles. The number of aromatic nitrogens is 1. The van der Waals surface area contributed by atoms with Crippen LogP contribution in [0.4, 0.5) is 4.39 Å². The van der Waals surface area contributed by atoms with Crippen molar-refractivity contribution < 1.29 is 18.7 Å². The molecular weight excluding hydrogens is 431 g/mol. The van der Waals surface area contributed by atoms with Crippen molar-refractivity contribution in [3.8, 4) is 11.1 Å². The Morgan fingerprint density at radius 2 is 2.09 bits per heavy atom. The lowest BCUT2D eigenvalue weighted by Crippen LogP contribution is -2.39. The molecule has 2 aromatic rings. The first-order valence-electron chi connectivity index (χ1n) is 12.4. The highest BCUT2D eigenvalue weighted by Gasteiger charge is 2.48. The fourth-order valence-corrected chi connectivity index (χ4v) is 6.27. The minimum Gasteiger partial charge on any atom is -0.359 e. The molecule has 0 spiro atoms. The summed E-state index contributed by atoms with van der Waals surface area (Å²) in [6.07, 6.45) is 12.3. The second-order valence-corrected chi connectivity index (χ2v) is 9.84. The van der Waals surface area contributed by atoms with Crippen LogP contribution in [0.5, 0.6) is 0 Å². The molecule has 2 saturated carbocycles. The summed E-state index contributed by atoms with van der Waals surface area (Å²) in [6, 6.07) is 10.8. The van der Waals surface area contributed by atoms with Crippen molar-refractivity contribution in [2.24, 2.45) is 17.8 Å². The Hall–Kier alpha value is -2.57. The lowest BCUT2D eigenvalue weighted by molar-refractivity contribution is -0.130. The largest absolute Gasteiger partial charge is 0.359 e. The summed E-state index contributed by atoms with van der Waals surface area (Å²) in [5.74, 6) is 1.50. The van der Waals surface area contributed by atoms with Gasteiger partial charge in [0.05, 0.1) is 11.8 Å². The number of benzene rings is 1. The third-order valence-corrected chi connectivity index (χ3v) is 7.84. The van der Waals surface area contributed by atoms with E-state index >= 15 is 0 Å². The van der Waals surface area contributed by atoms with Gasteiger partial charge in [0, 0.05) is 43.8 Å². The van der Waals surface area contributed by atoms with Crippen LogP contribution in [0.2, 0.25) is 0 Å². The molecule has 1 saturated heterocycles. The van der Waals surface area contributed by atoms with Crippen LogP contribution in [0.1, 0.15) is 44.2 Å². The molecule has 0 unspecified atom stereocenters. The zero-order chi connectivity index (χ0) is 23.5. The molecule has 0 bridgehead atoms. The second-order valence-electron chi connectivity index (χ2n) is 9.84. The standard InChI is InChI=1S/C28H33FN2O3/c1-33-18-34-24-10-12-25-21(15-24)16-27(31-13-3-6-28(31)32)26(25)11-9-23-8-7-20(17-30-23)19-4-2-5-22(29)14-19/h2,4-5,7-9,11,14,17,21,24-27H,3,6,10,12-13,15-16,18H2,1H3/t21-,24+,25+,26-,27+/m0/s1. The first-order valence-corrected chi connectivity index (χ1v) is 12.4. The quantitative estimate of drug-likeness (QED) is 0.521. The summed E-state index contributed by atoms with van der Waals surface area (Å²) >= 11 is 0. The Balaban J connectivity index is 1.33. The topological polar surface area (TPSA) is 51.7 Å². The number of methoxy groups -OCH3 is 1. The van der Waals surface area contributed by atoms with Gasteiger partial charge in [-0.05, 0) is 73.8 Å². The van der Waals surface area contributed by atoms with Crippen molar-refractivity contribution in [3.05, 3.63) is 60.2 Å². The number of carbonyl (C=O) groups excluding carboxylic acids is 1. The van der Waals surface area contributed by atoms with E-state index in [0.717, 1.165) is 55.5 Å². The van der Waals surface area contributed by atoms with Gasteiger partial charge >= 0.3 is 0 Å². The third-order valence-electron chi connectivity index (χ3n) is 7.84. The minimum absolute atomic E-state index is 0.246. The molecule has 0 N–H and O–H groups in total. The van der Waals surface area contributed by atoms with Gasteiger partial charge < -0.3 is 14.4 Å². The third kappa shape index (κ3) is 4.93. The maximum absolute atomic E-state index is 13.6. The minimum atomic E-state index is -0.248. The summed E-state index contributed by atoms with van der Waals surface area (Å²) in [5.41, 5.74) is 2.60. The molecule has 1 aromatic heterocycles. The Bertz CT molecular complexity index is 1020. The van der Waals surface area contributed by atoms with Crippen LogP contribution in [0.25, 0.3) is 17.2 Å². The van der Waals surface area contributed by atoms with E-state index in [0.29, 0.717) is 36.9 Å². The monoisotopic (exact) mass is 464 g/mol. The lowest BCUT2D eigenvalue weighted by atomic mass is 9.76. The highest BCUT2D eigenvalue weighted by atomic mass is 19.1. The number of amides is 1. The van der Waals surface area contributed by atoms with Crippen molar-refractivity contribution in [3.63, 3.8) is 0 Å². The molecule has 0 radical (unpaired) electrons. The molecular formula is C28H33FN2O3. The highest BCUT2D eigenvalue weighted by Crippen LogP contribution is 2.49. The molecule has 180 valence electrons. The Morgan fingerprint density at radius 1 is 1.18 bits per heavy atom. The van der Waals surface area contributed by atoms with E-state index in [4.69, 9.17) is 9.47 Å². The van der Waals surface area contributed by atoms with Gasteiger partial charge in [0.15, 0.2) is 0 Å². The summed E-state index contributed by atoms with van der Waals surface area (Å²) < 4.78 is 24.6. The molecule has 3 aliphatic rings. The number of carbonyl (C=O) groups is 1. The summed E-state index contributed by atoms with van der Waals surface area (Å²) in [5, 5.41) is 0. The fourth-order valence-electron chi connectivity index (χ4n) is 6.27. The maximum atomic E-state index is 13.6. The van der Waals surface area contributed by atoms with E-state index < -0.39 is 0 Å². The van der Waals surface area contributed by atoms with Gasteiger partial charge in [0.2, 0.25) is 5.91 Å². The molecule has 1 aliphatic heterocycles. The lowest BCUT2D eigenvalue weighted by Gasteiger charge is -2.34. The van der Waals surface area contributed by atoms with Crippen LogP contribution in [0.15, 0.2) is 48.7 Å². The van der Waals surface area contributed by atoms with Crippen molar-refractivity contribution >= 4 is 12.0 Å². The second kappa shape index (κ2) is 10.4. The van der Waals surface area contributed by atoms with Gasteiger partial charge in [-0.1, -0.05) is 24.3 Å². The van der Waals surface area contributed by atoms with Crippen molar-refractivity contribution in [1.82, 2.24) is 9.88 Å². The predicted octanol–water partition coefficient (Wildman–Crippen LogP) is 5.32. The Kier molecular flexibility index (Phi) is 7.07. The number of fused-ring (bicyclic) bond motifs is 1. The average Bonchev–Trinajstić information content (AvgIpc) is 3.44. The number of pyridine rings is 1. The number of hydrogen-bond donors (Lipinski definition) is 0. The molecule has 5 nitrogen and oxygen atoms in total. The zero-order valence-electron chi connectivity index (χ0n) is 19.7. The van der Waals surface area contributed by atoms with E-state index in [1.165, 1.54) is 12.1 Å². The van der Waals surface area contributed by atoms with Crippen molar-refractivity contribution in [2.75, 3.05) is 20.4 Å². The van der Waals surface area contributed by atoms with E-state index in [-0.39, 0.29) is 18.0 Å². The molecule has 2 aliphatic carbocycles. The van der Waals surface area contributed by atoms with Gasteiger partial charge in [0.1, 0.15) is 12.6 Å². The van der Waals surface area contributed by atoms with Crippen molar-refractivity contribution in [2.45, 2.75) is 50.7 Å². The van der Waals surface area contributed by atoms with Crippen LogP contribution < -0.4 is 0 Å². The molecule has 3 fully saturated rings. The number of rotatable bonds is 7. The fraction of sp³-hybridized carbons (Fsp3) is 0.500. The van der Waals surface area contributed by atoms with E-state index in [9.17, 15) is 9.18 Å². The summed E-state index contributed by atoms with van der Waals surface area (Å²) in [7, 11) is 1.66. The normalized spacial score (nSPS) is 29.2. The number of nitrogens with zero attached hydrogens (tertiary/aromatic N) is 2. The summed E-state index contributed by atoms with van der Waals surface area (Å²) in [4.78, 5) is 19.4. The van der Waals surface area contributed by atoms with Gasteiger partial charge in [-0.25, -0.2) is 4.39 Å². The predicted molar refractivity (Wildman–Crippen MR) is 129 cm³/mol. The van der Waals surface area contributed by atoms with Crippen LogP contribution in [-0.2, 0) is 14.3 Å². The first-order chi connectivity index (χ1) is 16.6. The molecule has 5 rings (SSSR count). The SMILES string of the molecule is COCO[C@@H]1CC[C@@H]2[C@@H](C1)C[C@@H](N1CCCC1=O)[C@H]2C=Cc1ccc(-c2cccc(F)c2)cn1. The molecule has 5 atom stereocenters. The smallest absolute Gasteiger partial charge is 0.222 e. The number of ether oxygens (including phenoxy) is 2. The highest BCUT2D eigenvalue weighted by molar-refractivity contribution is 5.78. The van der Waals surface area contributed by atoms with E-state index in [1.807, 2.05) is 18.2 Å². The van der Waals surface area contributed by atoms with Crippen LogP contribution in [0.3, 0.4) is 0 Å². The van der Waals surface area contributed by atoms with Gasteiger partial charge in [0.25, 0.3) is 0 Å². The number of likely N-dealkylation sites (tertiary alicyclic amines) is 1. The Morgan fingerprint density at radius 3 is 2.82 bits per heavy atom. The first kappa shape index (κ1) is 23.2. The number of hydrogen-bond acceptors (Lipinski definition) is 4. The van der Waals surface area contributed by atoms with Crippen LogP contribution >= 0.6 is 0 Å².